The second-order valence-electron chi connectivity index (χ2n) is 3.81. The van der Waals surface area contributed by atoms with Crippen LogP contribution in [0, 0.1) is 11.3 Å². The fourth-order valence-electron chi connectivity index (χ4n) is 0.933. The van der Waals surface area contributed by atoms with Crippen molar-refractivity contribution < 1.29 is 0 Å². The lowest BCUT2D eigenvalue weighted by atomic mass is 10.1. The van der Waals surface area contributed by atoms with E-state index in [9.17, 15) is 0 Å². The lowest BCUT2D eigenvalue weighted by Crippen LogP contribution is -2.38. The van der Waals surface area contributed by atoms with Crippen molar-refractivity contribution in [2.45, 2.75) is 44.4 Å². The highest BCUT2D eigenvalue weighted by atomic mass is 32.2. The molecule has 0 aromatic rings. The van der Waals surface area contributed by atoms with E-state index in [2.05, 4.69) is 38.4 Å². The summed E-state index contributed by atoms with van der Waals surface area (Å²) in [5, 5.41) is 12.0. The highest BCUT2D eigenvalue weighted by Gasteiger charge is 2.17. The molecule has 0 saturated heterocycles. The van der Waals surface area contributed by atoms with Gasteiger partial charge in [-0.3, -0.25) is 0 Å². The van der Waals surface area contributed by atoms with Gasteiger partial charge in [-0.05, 0) is 26.5 Å². The van der Waals surface area contributed by atoms with Crippen LogP contribution in [0.5, 0.6) is 0 Å². The second-order valence-corrected chi connectivity index (χ2v) is 5.33. The third kappa shape index (κ3) is 5.95. The van der Waals surface area contributed by atoms with Crippen molar-refractivity contribution >= 4 is 11.8 Å². The van der Waals surface area contributed by atoms with Gasteiger partial charge >= 0.3 is 0 Å². The summed E-state index contributed by atoms with van der Waals surface area (Å²) < 4.78 is 0.267. The maximum atomic E-state index is 8.56. The maximum Gasteiger partial charge on any atom is 0.0638 e. The number of nitrogens with one attached hydrogen (secondary N) is 1. The van der Waals surface area contributed by atoms with Gasteiger partial charge in [0.1, 0.15) is 0 Å². The van der Waals surface area contributed by atoms with Gasteiger partial charge < -0.3 is 5.32 Å². The molecule has 0 fully saturated rings. The molecule has 0 aliphatic carbocycles. The highest BCUT2D eigenvalue weighted by molar-refractivity contribution is 7.99. The zero-order chi connectivity index (χ0) is 10.3. The van der Waals surface area contributed by atoms with Crippen LogP contribution in [0.25, 0.3) is 0 Å². The topological polar surface area (TPSA) is 35.8 Å². The summed E-state index contributed by atoms with van der Waals surface area (Å²) in [5.74, 6) is 0. The Morgan fingerprint density at radius 3 is 2.54 bits per heavy atom. The molecule has 1 atom stereocenters. The predicted octanol–water partition coefficient (Wildman–Crippen LogP) is 2.41. The first-order chi connectivity index (χ1) is 6.05. The molecule has 0 heterocycles. The number of nitrogens with zero attached hydrogens (tertiary/aromatic N) is 1. The second kappa shape index (κ2) is 6.28. The fraction of sp³-hybridized carbons (Fsp3) is 0.900. The van der Waals surface area contributed by atoms with Crippen molar-refractivity contribution in [1.82, 2.24) is 5.32 Å². The van der Waals surface area contributed by atoms with Crippen LogP contribution in [0.1, 0.15) is 33.6 Å². The standard InChI is InChI=1S/C10H20N2S/c1-5-9(6-7-11)12-8-10(2,3)13-4/h9,12H,5-6,8H2,1-4H3. The molecule has 0 aromatic carbocycles. The third-order valence-corrected chi connectivity index (χ3v) is 3.45. The van der Waals surface area contributed by atoms with Gasteiger partial charge in [0.05, 0.1) is 12.5 Å². The number of hydrogen-bond donors (Lipinski definition) is 1. The van der Waals surface area contributed by atoms with Crippen LogP contribution < -0.4 is 5.32 Å². The molecule has 1 N–H and O–H groups in total. The average Bonchev–Trinajstić information content (AvgIpc) is 2.12. The minimum atomic E-state index is 0.267. The van der Waals surface area contributed by atoms with Crippen LogP contribution >= 0.6 is 11.8 Å². The Bertz CT molecular complexity index is 172. The van der Waals surface area contributed by atoms with E-state index in [4.69, 9.17) is 5.26 Å². The van der Waals surface area contributed by atoms with Gasteiger partial charge in [0.2, 0.25) is 0 Å². The van der Waals surface area contributed by atoms with Gasteiger partial charge in [0.15, 0.2) is 0 Å². The van der Waals surface area contributed by atoms with Gasteiger partial charge in [-0.1, -0.05) is 6.92 Å². The molecule has 0 spiro atoms. The van der Waals surface area contributed by atoms with Gasteiger partial charge in [-0.25, -0.2) is 0 Å². The first-order valence-corrected chi connectivity index (χ1v) is 5.93. The van der Waals surface area contributed by atoms with Crippen molar-refractivity contribution in [3.8, 4) is 6.07 Å². The molecule has 13 heavy (non-hydrogen) atoms. The highest BCUT2D eigenvalue weighted by Crippen LogP contribution is 2.19. The Morgan fingerprint density at radius 2 is 2.15 bits per heavy atom. The van der Waals surface area contributed by atoms with Crippen molar-refractivity contribution in [2.75, 3.05) is 12.8 Å². The van der Waals surface area contributed by atoms with Crippen molar-refractivity contribution in [2.24, 2.45) is 0 Å². The zero-order valence-corrected chi connectivity index (χ0v) is 9.87. The molecule has 3 heteroatoms. The molecule has 2 nitrogen and oxygen atoms in total. The fourth-order valence-corrected chi connectivity index (χ4v) is 1.16. The lowest BCUT2D eigenvalue weighted by molar-refractivity contribution is 0.475. The molecule has 0 aliphatic rings. The van der Waals surface area contributed by atoms with Crippen LogP contribution in [-0.4, -0.2) is 23.6 Å². The van der Waals surface area contributed by atoms with E-state index >= 15 is 0 Å². The number of rotatable bonds is 6. The molecule has 0 radical (unpaired) electrons. The average molecular weight is 200 g/mol. The Hall–Kier alpha value is -0.200. The molecule has 0 bridgehead atoms. The van der Waals surface area contributed by atoms with E-state index in [-0.39, 0.29) is 4.75 Å². The Labute approximate surface area is 86.1 Å². The van der Waals surface area contributed by atoms with E-state index in [1.807, 2.05) is 11.8 Å². The van der Waals surface area contributed by atoms with E-state index in [0.717, 1.165) is 13.0 Å². The molecule has 0 aliphatic heterocycles. The van der Waals surface area contributed by atoms with Gasteiger partial charge in [-0.2, -0.15) is 17.0 Å². The normalized spacial score (nSPS) is 13.8. The van der Waals surface area contributed by atoms with Crippen LogP contribution in [-0.2, 0) is 0 Å². The van der Waals surface area contributed by atoms with Gasteiger partial charge in [0.25, 0.3) is 0 Å². The minimum absolute atomic E-state index is 0.267. The van der Waals surface area contributed by atoms with Gasteiger partial charge in [-0.15, -0.1) is 0 Å². The summed E-state index contributed by atoms with van der Waals surface area (Å²) in [4.78, 5) is 0. The first-order valence-electron chi connectivity index (χ1n) is 4.71. The predicted molar refractivity (Wildman–Crippen MR) is 59.9 cm³/mol. The molecular formula is C10H20N2S. The molecule has 76 valence electrons. The molecule has 0 rings (SSSR count). The molecular weight excluding hydrogens is 180 g/mol. The summed E-state index contributed by atoms with van der Waals surface area (Å²) in [6, 6.07) is 2.56. The Kier molecular flexibility index (Phi) is 6.19. The number of thioether (sulfide) groups is 1. The minimum Gasteiger partial charge on any atom is -0.312 e. The lowest BCUT2D eigenvalue weighted by Gasteiger charge is -2.25. The smallest absolute Gasteiger partial charge is 0.0638 e. The summed E-state index contributed by atoms with van der Waals surface area (Å²) in [7, 11) is 0. The van der Waals surface area contributed by atoms with Crippen LogP contribution in [0.2, 0.25) is 0 Å². The maximum absolute atomic E-state index is 8.56. The first kappa shape index (κ1) is 12.8. The summed E-state index contributed by atoms with van der Waals surface area (Å²) >= 11 is 1.85. The Morgan fingerprint density at radius 1 is 1.54 bits per heavy atom. The van der Waals surface area contributed by atoms with E-state index in [1.165, 1.54) is 0 Å². The van der Waals surface area contributed by atoms with E-state index < -0.39 is 0 Å². The molecule has 0 amide bonds. The summed E-state index contributed by atoms with van der Waals surface area (Å²) in [6.07, 6.45) is 3.76. The molecule has 1 unspecified atom stereocenters. The monoisotopic (exact) mass is 200 g/mol. The Balaban J connectivity index is 3.78. The number of hydrogen-bond acceptors (Lipinski definition) is 3. The number of nitriles is 1. The zero-order valence-electron chi connectivity index (χ0n) is 9.05. The van der Waals surface area contributed by atoms with Gasteiger partial charge in [0, 0.05) is 17.3 Å². The van der Waals surface area contributed by atoms with Crippen LogP contribution in [0.15, 0.2) is 0 Å². The third-order valence-electron chi connectivity index (χ3n) is 2.20. The quantitative estimate of drug-likeness (QED) is 0.715. The largest absolute Gasteiger partial charge is 0.312 e. The molecule has 0 aromatic heterocycles. The van der Waals surface area contributed by atoms with Crippen molar-refractivity contribution in [1.29, 1.82) is 5.26 Å². The SMILES string of the molecule is CCC(CC#N)NCC(C)(C)SC. The van der Waals surface area contributed by atoms with Crippen molar-refractivity contribution in [3.05, 3.63) is 0 Å². The summed E-state index contributed by atoms with van der Waals surface area (Å²) in [5.41, 5.74) is 0. The molecule has 0 saturated carbocycles. The summed E-state index contributed by atoms with van der Waals surface area (Å²) in [6.45, 7) is 7.50. The van der Waals surface area contributed by atoms with Crippen LogP contribution in [0.4, 0.5) is 0 Å². The van der Waals surface area contributed by atoms with E-state index in [0.29, 0.717) is 12.5 Å². The van der Waals surface area contributed by atoms with Crippen LogP contribution in [0.3, 0.4) is 0 Å². The van der Waals surface area contributed by atoms with E-state index in [1.54, 1.807) is 0 Å². The van der Waals surface area contributed by atoms with Crippen molar-refractivity contribution in [3.63, 3.8) is 0 Å².